The fraction of sp³-hybridized carbons (Fsp3) is 0.710. The van der Waals surface area contributed by atoms with Gasteiger partial charge in [-0.1, -0.05) is 96.3 Å². The summed E-state index contributed by atoms with van der Waals surface area (Å²) in [4.78, 5) is 37.1. The maximum Gasteiger partial charge on any atom is 0.328 e. The summed E-state index contributed by atoms with van der Waals surface area (Å²) in [6.07, 6.45) is 16.1. The van der Waals surface area contributed by atoms with Gasteiger partial charge in [-0.05, 0) is 44.5 Å². The molecular weight excluding hydrogens is 494 g/mol. The van der Waals surface area contributed by atoms with Crippen LogP contribution in [0.4, 0.5) is 5.69 Å². The topological polar surface area (TPSA) is 81.7 Å². The Balaban J connectivity index is 2.17. The van der Waals surface area contributed by atoms with Gasteiger partial charge in [0.1, 0.15) is 0 Å². The zero-order valence-corrected chi connectivity index (χ0v) is 25.7. The molecule has 216 valence electrons. The molecule has 38 heavy (non-hydrogen) atoms. The molecule has 0 aromatic heterocycles. The third-order valence-electron chi connectivity index (χ3n) is 6.66. The Morgan fingerprint density at radius 3 is 1.53 bits per heavy atom. The normalized spacial score (nSPS) is 11.4. The highest BCUT2D eigenvalue weighted by molar-refractivity contribution is 6.76. The van der Waals surface area contributed by atoms with Crippen molar-refractivity contribution < 1.29 is 23.9 Å². The van der Waals surface area contributed by atoms with Gasteiger partial charge in [-0.15, -0.1) is 0 Å². The Bertz CT molecular complexity index is 785. The molecule has 0 aliphatic carbocycles. The second-order valence-electron chi connectivity index (χ2n) is 11.4. The molecule has 0 amide bonds. The van der Waals surface area contributed by atoms with Crippen molar-refractivity contribution in [2.24, 2.45) is 5.92 Å². The van der Waals surface area contributed by atoms with Gasteiger partial charge in [-0.3, -0.25) is 14.4 Å². The molecule has 0 saturated carbocycles. The molecule has 1 N–H and O–H groups in total. The Labute approximate surface area is 232 Å². The van der Waals surface area contributed by atoms with Crippen molar-refractivity contribution in [3.63, 3.8) is 0 Å². The van der Waals surface area contributed by atoms with E-state index in [0.717, 1.165) is 18.7 Å². The summed E-state index contributed by atoms with van der Waals surface area (Å²) in [6.45, 7) is 11.7. The Hall–Kier alpha value is -2.15. The van der Waals surface area contributed by atoms with Crippen LogP contribution >= 0.6 is 0 Å². The van der Waals surface area contributed by atoms with Gasteiger partial charge >= 0.3 is 11.9 Å². The van der Waals surface area contributed by atoms with E-state index < -0.39 is 31.7 Å². The van der Waals surface area contributed by atoms with E-state index in [1.54, 1.807) is 38.1 Å². The lowest BCUT2D eigenvalue weighted by molar-refractivity contribution is -0.158. The summed E-state index contributed by atoms with van der Waals surface area (Å²) in [6, 6.07) is 8.33. The zero-order chi connectivity index (χ0) is 28.2. The van der Waals surface area contributed by atoms with E-state index in [-0.39, 0.29) is 18.8 Å². The predicted octanol–water partition coefficient (Wildman–Crippen LogP) is 8.04. The number of Topliss-reactive ketones (excluding diaryl/α,β-unsaturated/α-hetero) is 1. The summed E-state index contributed by atoms with van der Waals surface area (Å²) in [5.74, 6) is -3.94. The van der Waals surface area contributed by atoms with Gasteiger partial charge in [-0.2, -0.15) is 0 Å². The molecule has 0 unspecified atom stereocenters. The second kappa shape index (κ2) is 19.8. The van der Waals surface area contributed by atoms with Crippen LogP contribution in [0.3, 0.4) is 0 Å². The largest absolute Gasteiger partial charge is 0.465 e. The Morgan fingerprint density at radius 2 is 1.11 bits per heavy atom. The van der Waals surface area contributed by atoms with Crippen LogP contribution in [-0.4, -0.2) is 45.6 Å². The predicted molar refractivity (Wildman–Crippen MR) is 160 cm³/mol. The maximum atomic E-state index is 12.8. The molecule has 0 spiro atoms. The fourth-order valence-corrected chi connectivity index (χ4v) is 5.77. The first-order valence-corrected chi connectivity index (χ1v) is 18.6. The highest BCUT2D eigenvalue weighted by Crippen LogP contribution is 2.18. The lowest BCUT2D eigenvalue weighted by atomic mass is 9.97. The minimum Gasteiger partial charge on any atom is -0.465 e. The summed E-state index contributed by atoms with van der Waals surface area (Å²) in [5.41, 5.74) is 1.19. The van der Waals surface area contributed by atoms with E-state index in [1.165, 1.54) is 76.7 Å². The number of ketones is 1. The second-order valence-corrected chi connectivity index (χ2v) is 17.0. The van der Waals surface area contributed by atoms with Crippen LogP contribution in [0, 0.1) is 5.92 Å². The summed E-state index contributed by atoms with van der Waals surface area (Å²) in [7, 11) is -0.839. The van der Waals surface area contributed by atoms with Crippen LogP contribution < -0.4 is 5.32 Å². The molecule has 0 atom stereocenters. The van der Waals surface area contributed by atoms with Gasteiger partial charge in [-0.25, -0.2) is 0 Å². The number of carbonyl (C=O) groups is 3. The van der Waals surface area contributed by atoms with Crippen molar-refractivity contribution in [1.29, 1.82) is 0 Å². The van der Waals surface area contributed by atoms with E-state index in [1.807, 2.05) is 0 Å². The van der Waals surface area contributed by atoms with Gasteiger partial charge < -0.3 is 14.8 Å². The van der Waals surface area contributed by atoms with E-state index in [2.05, 4.69) is 25.0 Å². The summed E-state index contributed by atoms with van der Waals surface area (Å²) < 4.78 is 9.82. The van der Waals surface area contributed by atoms with Crippen molar-refractivity contribution in [2.75, 3.05) is 25.1 Å². The van der Waals surface area contributed by atoms with Crippen molar-refractivity contribution >= 4 is 31.5 Å². The standard InChI is InChI=1S/C31H53NO5Si/c1-6-36-30(34)28(31(35)37-7-2)29(33)26-20-22-27(23-21-26)32-24-18-16-14-12-10-8-9-11-13-15-17-19-25-38(3,4)5/h20-23,28,32H,6-19,24-25H2,1-5H3. The number of ether oxygens (including phenoxy) is 2. The Kier molecular flexibility index (Phi) is 17.7. The van der Waals surface area contributed by atoms with Gasteiger partial charge in [0.25, 0.3) is 0 Å². The van der Waals surface area contributed by atoms with E-state index in [0.29, 0.717) is 0 Å². The minimum atomic E-state index is -1.58. The van der Waals surface area contributed by atoms with Crippen LogP contribution in [0.5, 0.6) is 0 Å². The van der Waals surface area contributed by atoms with E-state index in [4.69, 9.17) is 9.47 Å². The van der Waals surface area contributed by atoms with E-state index in [9.17, 15) is 14.4 Å². The third-order valence-corrected chi connectivity index (χ3v) is 8.51. The number of hydrogen-bond acceptors (Lipinski definition) is 6. The van der Waals surface area contributed by atoms with Gasteiger partial charge in [0.15, 0.2) is 5.78 Å². The molecule has 0 fully saturated rings. The molecule has 0 saturated heterocycles. The van der Waals surface area contributed by atoms with Crippen LogP contribution in [0.15, 0.2) is 24.3 Å². The lowest BCUT2D eigenvalue weighted by Crippen LogP contribution is -2.35. The van der Waals surface area contributed by atoms with Crippen molar-refractivity contribution in [2.45, 2.75) is 117 Å². The number of benzene rings is 1. The van der Waals surface area contributed by atoms with Crippen molar-refractivity contribution in [3.8, 4) is 0 Å². The molecule has 1 aromatic rings. The third kappa shape index (κ3) is 15.3. The Morgan fingerprint density at radius 1 is 0.684 bits per heavy atom. The molecular formula is C31H53NO5Si. The molecule has 0 radical (unpaired) electrons. The number of esters is 2. The zero-order valence-electron chi connectivity index (χ0n) is 24.7. The van der Waals surface area contributed by atoms with Crippen molar-refractivity contribution in [1.82, 2.24) is 0 Å². The quantitative estimate of drug-likeness (QED) is 0.0520. The van der Waals surface area contributed by atoms with Crippen LogP contribution in [0.25, 0.3) is 0 Å². The summed E-state index contributed by atoms with van der Waals surface area (Å²) in [5, 5.41) is 3.38. The monoisotopic (exact) mass is 547 g/mol. The molecule has 0 bridgehead atoms. The number of carbonyl (C=O) groups excluding carboxylic acids is 3. The fourth-order valence-electron chi connectivity index (χ4n) is 4.46. The first kappa shape index (κ1) is 33.9. The molecule has 0 aliphatic heterocycles. The molecule has 0 heterocycles. The molecule has 1 aromatic carbocycles. The molecule has 0 aliphatic rings. The van der Waals surface area contributed by atoms with Gasteiger partial charge in [0.05, 0.1) is 13.2 Å². The van der Waals surface area contributed by atoms with Gasteiger partial charge in [0.2, 0.25) is 5.92 Å². The van der Waals surface area contributed by atoms with Crippen molar-refractivity contribution in [3.05, 3.63) is 29.8 Å². The number of unbranched alkanes of at least 4 members (excludes halogenated alkanes) is 11. The first-order chi connectivity index (χ1) is 18.2. The summed E-state index contributed by atoms with van der Waals surface area (Å²) >= 11 is 0. The van der Waals surface area contributed by atoms with Gasteiger partial charge in [0, 0.05) is 25.9 Å². The average molecular weight is 548 g/mol. The smallest absolute Gasteiger partial charge is 0.328 e. The first-order valence-electron chi connectivity index (χ1n) is 14.9. The average Bonchev–Trinajstić information content (AvgIpc) is 2.86. The van der Waals surface area contributed by atoms with Crippen LogP contribution in [0.2, 0.25) is 25.7 Å². The lowest BCUT2D eigenvalue weighted by Gasteiger charge is -2.14. The SMILES string of the molecule is CCOC(=O)C(C(=O)OCC)C(=O)c1ccc(NCCCCCCCCCCCCCC[Si](C)(C)C)cc1. The number of anilines is 1. The van der Waals surface area contributed by atoms with Crippen LogP contribution in [0.1, 0.15) is 101 Å². The number of hydrogen-bond donors (Lipinski definition) is 1. The minimum absolute atomic E-state index is 0.0872. The molecule has 6 nitrogen and oxygen atoms in total. The molecule has 1 rings (SSSR count). The maximum absolute atomic E-state index is 12.8. The number of nitrogens with one attached hydrogen (secondary N) is 1. The van der Waals surface area contributed by atoms with Crippen LogP contribution in [-0.2, 0) is 19.1 Å². The molecule has 7 heteroatoms. The highest BCUT2D eigenvalue weighted by atomic mass is 28.3. The van der Waals surface area contributed by atoms with E-state index >= 15 is 0 Å². The highest BCUT2D eigenvalue weighted by Gasteiger charge is 2.37. The number of rotatable bonds is 22.